The number of carboxylic acid groups (broad SMARTS) is 1. The molecule has 0 aliphatic rings. The first-order chi connectivity index (χ1) is 8.08. The van der Waals surface area contributed by atoms with Crippen molar-refractivity contribution in [2.24, 2.45) is 5.73 Å². The molecule has 0 fully saturated rings. The van der Waals surface area contributed by atoms with Gasteiger partial charge in [-0.15, -0.1) is 0 Å². The van der Waals surface area contributed by atoms with Gasteiger partial charge in [-0.2, -0.15) is 0 Å². The summed E-state index contributed by atoms with van der Waals surface area (Å²) < 4.78 is 0. The monoisotopic (exact) mass is 237 g/mol. The van der Waals surface area contributed by atoms with Gasteiger partial charge in [-0.1, -0.05) is 6.07 Å². The first-order valence-corrected chi connectivity index (χ1v) is 5.19. The number of carbonyl (C=O) groups excluding carboxylic acids is 1. The van der Waals surface area contributed by atoms with Crippen molar-refractivity contribution in [3.05, 3.63) is 30.1 Å². The van der Waals surface area contributed by atoms with Crippen LogP contribution in [0.5, 0.6) is 0 Å². The van der Waals surface area contributed by atoms with Crippen molar-refractivity contribution < 1.29 is 14.7 Å². The van der Waals surface area contributed by atoms with E-state index in [-0.39, 0.29) is 13.1 Å². The van der Waals surface area contributed by atoms with E-state index in [1.165, 1.54) is 4.90 Å². The number of aliphatic carboxylic acids is 1. The molecule has 3 N–H and O–H groups in total. The summed E-state index contributed by atoms with van der Waals surface area (Å²) in [5, 5.41) is 8.69. The summed E-state index contributed by atoms with van der Waals surface area (Å²) in [5.74, 6) is -1.50. The molecule has 0 saturated carbocycles. The maximum absolute atomic E-state index is 10.8. The summed E-state index contributed by atoms with van der Waals surface area (Å²) >= 11 is 0. The largest absolute Gasteiger partial charge is 0.480 e. The van der Waals surface area contributed by atoms with Gasteiger partial charge in [0.25, 0.3) is 0 Å². The Balaban J connectivity index is 2.48. The second kappa shape index (κ2) is 6.59. The maximum atomic E-state index is 10.8. The Morgan fingerprint density at radius 3 is 2.71 bits per heavy atom. The standard InChI is InChI=1S/C11H15N3O3/c12-10(15)7-14(8-11(16)17)5-3-9-2-1-4-13-6-9/h1-2,4,6H,3,5,7-8H2,(H2,12,15)(H,16,17). The number of hydrogen-bond acceptors (Lipinski definition) is 4. The van der Waals surface area contributed by atoms with Crippen LogP contribution in [0.25, 0.3) is 0 Å². The fraction of sp³-hybridized carbons (Fsp3) is 0.364. The van der Waals surface area contributed by atoms with Crippen LogP contribution in [-0.2, 0) is 16.0 Å². The zero-order valence-electron chi connectivity index (χ0n) is 9.37. The zero-order chi connectivity index (χ0) is 12.7. The van der Waals surface area contributed by atoms with Crippen LogP contribution in [0.3, 0.4) is 0 Å². The number of carbonyl (C=O) groups is 2. The summed E-state index contributed by atoms with van der Waals surface area (Å²) in [6.45, 7) is 0.219. The number of rotatable bonds is 7. The molecule has 0 aliphatic carbocycles. The van der Waals surface area contributed by atoms with Crippen molar-refractivity contribution in [3.63, 3.8) is 0 Å². The summed E-state index contributed by atoms with van der Waals surface area (Å²) in [6.07, 6.45) is 4.01. The van der Waals surface area contributed by atoms with Gasteiger partial charge in [0.2, 0.25) is 5.91 Å². The highest BCUT2D eigenvalue weighted by molar-refractivity contribution is 5.77. The Morgan fingerprint density at radius 1 is 1.41 bits per heavy atom. The van der Waals surface area contributed by atoms with Gasteiger partial charge in [0.15, 0.2) is 0 Å². The molecule has 6 heteroatoms. The average molecular weight is 237 g/mol. The van der Waals surface area contributed by atoms with Crippen molar-refractivity contribution >= 4 is 11.9 Å². The zero-order valence-corrected chi connectivity index (χ0v) is 9.37. The van der Waals surface area contributed by atoms with E-state index >= 15 is 0 Å². The first-order valence-electron chi connectivity index (χ1n) is 5.19. The Bertz CT molecular complexity index is 365. The van der Waals surface area contributed by atoms with Gasteiger partial charge in [-0.05, 0) is 18.1 Å². The Kier molecular flexibility index (Phi) is 5.09. The Hall–Kier alpha value is -1.95. The van der Waals surface area contributed by atoms with E-state index < -0.39 is 11.9 Å². The summed E-state index contributed by atoms with van der Waals surface area (Å²) in [6, 6.07) is 3.71. The Labute approximate surface area is 99.1 Å². The summed E-state index contributed by atoms with van der Waals surface area (Å²) in [5.41, 5.74) is 6.05. The molecule has 0 aliphatic heterocycles. The van der Waals surface area contributed by atoms with E-state index in [0.29, 0.717) is 13.0 Å². The lowest BCUT2D eigenvalue weighted by Crippen LogP contribution is -2.38. The van der Waals surface area contributed by atoms with Gasteiger partial charge >= 0.3 is 5.97 Å². The molecule has 1 aromatic rings. The fourth-order valence-corrected chi connectivity index (χ4v) is 1.46. The molecule has 17 heavy (non-hydrogen) atoms. The fourth-order valence-electron chi connectivity index (χ4n) is 1.46. The SMILES string of the molecule is NC(=O)CN(CCc1cccnc1)CC(=O)O. The predicted molar refractivity (Wildman–Crippen MR) is 61.2 cm³/mol. The maximum Gasteiger partial charge on any atom is 0.317 e. The minimum Gasteiger partial charge on any atom is -0.480 e. The molecule has 0 aromatic carbocycles. The van der Waals surface area contributed by atoms with Crippen molar-refractivity contribution in [1.82, 2.24) is 9.88 Å². The van der Waals surface area contributed by atoms with Crippen LogP contribution in [0.4, 0.5) is 0 Å². The number of carboxylic acids is 1. The minimum atomic E-state index is -0.975. The molecular weight excluding hydrogens is 222 g/mol. The Morgan fingerprint density at radius 2 is 2.18 bits per heavy atom. The molecule has 1 aromatic heterocycles. The van der Waals surface area contributed by atoms with E-state index in [0.717, 1.165) is 5.56 Å². The second-order valence-corrected chi connectivity index (χ2v) is 3.68. The van der Waals surface area contributed by atoms with Gasteiger partial charge < -0.3 is 10.8 Å². The van der Waals surface area contributed by atoms with Crippen LogP contribution >= 0.6 is 0 Å². The van der Waals surface area contributed by atoms with Crippen LogP contribution < -0.4 is 5.73 Å². The first kappa shape index (κ1) is 13.1. The normalized spacial score (nSPS) is 10.4. The number of hydrogen-bond donors (Lipinski definition) is 2. The van der Waals surface area contributed by atoms with Crippen molar-refractivity contribution in [2.45, 2.75) is 6.42 Å². The molecule has 0 spiro atoms. The van der Waals surface area contributed by atoms with E-state index in [9.17, 15) is 9.59 Å². The number of aromatic nitrogens is 1. The third-order valence-electron chi connectivity index (χ3n) is 2.18. The van der Waals surface area contributed by atoms with Crippen LogP contribution in [0.2, 0.25) is 0 Å². The third-order valence-corrected chi connectivity index (χ3v) is 2.18. The van der Waals surface area contributed by atoms with Crippen LogP contribution in [0.1, 0.15) is 5.56 Å². The summed E-state index contributed by atoms with van der Waals surface area (Å²) in [4.78, 5) is 26.8. The molecule has 0 bridgehead atoms. The molecule has 0 atom stereocenters. The second-order valence-electron chi connectivity index (χ2n) is 3.68. The van der Waals surface area contributed by atoms with E-state index in [4.69, 9.17) is 10.8 Å². The number of pyridine rings is 1. The number of nitrogens with two attached hydrogens (primary N) is 1. The van der Waals surface area contributed by atoms with Crippen LogP contribution in [0, 0.1) is 0 Å². The molecule has 1 amide bonds. The number of amides is 1. The van der Waals surface area contributed by atoms with E-state index in [1.807, 2.05) is 12.1 Å². The smallest absolute Gasteiger partial charge is 0.317 e. The molecule has 1 rings (SSSR count). The molecule has 92 valence electrons. The highest BCUT2D eigenvalue weighted by Crippen LogP contribution is 1.99. The van der Waals surface area contributed by atoms with Crippen molar-refractivity contribution in [2.75, 3.05) is 19.6 Å². The van der Waals surface area contributed by atoms with Crippen molar-refractivity contribution in [3.8, 4) is 0 Å². The lowest BCUT2D eigenvalue weighted by atomic mass is 10.2. The van der Waals surface area contributed by atoms with Crippen LogP contribution in [-0.4, -0.2) is 46.5 Å². The van der Waals surface area contributed by atoms with Gasteiger partial charge in [0.1, 0.15) is 0 Å². The molecular formula is C11H15N3O3. The average Bonchev–Trinajstić information content (AvgIpc) is 2.26. The molecule has 0 saturated heterocycles. The number of primary amides is 1. The highest BCUT2D eigenvalue weighted by Gasteiger charge is 2.11. The van der Waals surface area contributed by atoms with E-state index in [1.54, 1.807) is 12.4 Å². The van der Waals surface area contributed by atoms with Crippen LogP contribution in [0.15, 0.2) is 24.5 Å². The van der Waals surface area contributed by atoms with Gasteiger partial charge in [0, 0.05) is 18.9 Å². The van der Waals surface area contributed by atoms with Gasteiger partial charge in [-0.25, -0.2) is 0 Å². The third kappa shape index (κ3) is 5.62. The lowest BCUT2D eigenvalue weighted by Gasteiger charge is -2.17. The number of nitrogens with zero attached hydrogens (tertiary/aromatic N) is 2. The molecule has 6 nitrogen and oxygen atoms in total. The van der Waals surface area contributed by atoms with E-state index in [2.05, 4.69) is 4.98 Å². The summed E-state index contributed by atoms with van der Waals surface area (Å²) in [7, 11) is 0. The highest BCUT2D eigenvalue weighted by atomic mass is 16.4. The lowest BCUT2D eigenvalue weighted by molar-refractivity contribution is -0.138. The molecule has 1 heterocycles. The topological polar surface area (TPSA) is 96.5 Å². The predicted octanol–water partition coefficient (Wildman–Crippen LogP) is -0.504. The quantitative estimate of drug-likeness (QED) is 0.666. The molecule has 0 unspecified atom stereocenters. The molecule has 0 radical (unpaired) electrons. The minimum absolute atomic E-state index is 0.0490. The van der Waals surface area contributed by atoms with Gasteiger partial charge in [0.05, 0.1) is 13.1 Å². The van der Waals surface area contributed by atoms with Crippen molar-refractivity contribution in [1.29, 1.82) is 0 Å². The van der Waals surface area contributed by atoms with Gasteiger partial charge in [-0.3, -0.25) is 19.5 Å².